The Morgan fingerprint density at radius 3 is 2.89 bits per heavy atom. The number of hydrogen-bond donors (Lipinski definition) is 2. The Kier molecular flexibility index (Phi) is 4.49. The van der Waals surface area contributed by atoms with E-state index in [0.29, 0.717) is 4.99 Å². The first-order valence-electron chi connectivity index (χ1n) is 5.74. The van der Waals surface area contributed by atoms with Crippen LogP contribution in [0.15, 0.2) is 29.0 Å². The summed E-state index contributed by atoms with van der Waals surface area (Å²) < 4.78 is 2.63. The molecule has 0 aliphatic heterocycles. The van der Waals surface area contributed by atoms with Crippen LogP contribution in [0.3, 0.4) is 0 Å². The lowest BCUT2D eigenvalue weighted by molar-refractivity contribution is 0.742. The molecule has 1 aromatic heterocycles. The van der Waals surface area contributed by atoms with Gasteiger partial charge in [0.15, 0.2) is 5.82 Å². The zero-order chi connectivity index (χ0) is 13.8. The molecule has 100 valence electrons. The Balaban J connectivity index is 1.94. The third-order valence-electron chi connectivity index (χ3n) is 2.56. The molecular formula is C12H14BrN5S. The Morgan fingerprint density at radius 2 is 2.32 bits per heavy atom. The predicted octanol–water partition coefficient (Wildman–Crippen LogP) is 1.87. The van der Waals surface area contributed by atoms with Crippen molar-refractivity contribution in [2.24, 2.45) is 12.8 Å². The first-order chi connectivity index (χ1) is 9.06. The molecule has 0 aliphatic rings. The summed E-state index contributed by atoms with van der Waals surface area (Å²) in [4.78, 5) is 4.57. The number of halogens is 1. The molecule has 5 nitrogen and oxygen atoms in total. The quantitative estimate of drug-likeness (QED) is 0.814. The van der Waals surface area contributed by atoms with Crippen molar-refractivity contribution in [1.29, 1.82) is 0 Å². The Hall–Kier alpha value is -1.47. The van der Waals surface area contributed by atoms with Crippen LogP contribution in [0, 0.1) is 0 Å². The summed E-state index contributed by atoms with van der Waals surface area (Å²) in [6.45, 7) is 0.759. The van der Waals surface area contributed by atoms with Gasteiger partial charge in [0.25, 0.3) is 0 Å². The molecule has 0 fully saturated rings. The lowest BCUT2D eigenvalue weighted by atomic mass is 10.2. The van der Waals surface area contributed by atoms with E-state index in [1.54, 1.807) is 11.0 Å². The number of aryl methyl sites for hydroxylation is 1. The zero-order valence-electron chi connectivity index (χ0n) is 10.4. The van der Waals surface area contributed by atoms with Crippen LogP contribution < -0.4 is 11.1 Å². The van der Waals surface area contributed by atoms with Gasteiger partial charge in [0.2, 0.25) is 0 Å². The molecule has 0 aliphatic carbocycles. The largest absolute Gasteiger partial charge is 0.389 e. The van der Waals surface area contributed by atoms with Crippen LogP contribution in [0.2, 0.25) is 0 Å². The number of hydrogen-bond acceptors (Lipinski definition) is 4. The van der Waals surface area contributed by atoms with Gasteiger partial charge in [-0.25, -0.2) is 4.98 Å². The van der Waals surface area contributed by atoms with Gasteiger partial charge in [-0.2, -0.15) is 5.10 Å². The number of nitrogens with two attached hydrogens (primary N) is 1. The fraction of sp³-hybridized carbons (Fsp3) is 0.250. The highest BCUT2D eigenvalue weighted by atomic mass is 79.9. The van der Waals surface area contributed by atoms with Crippen molar-refractivity contribution in [2.75, 3.05) is 11.9 Å². The number of thiocarbonyl (C=S) groups is 1. The van der Waals surface area contributed by atoms with E-state index >= 15 is 0 Å². The molecule has 7 heteroatoms. The number of nitrogens with one attached hydrogen (secondary N) is 1. The highest BCUT2D eigenvalue weighted by molar-refractivity contribution is 9.10. The molecule has 0 bridgehead atoms. The highest BCUT2D eigenvalue weighted by Crippen LogP contribution is 2.23. The van der Waals surface area contributed by atoms with E-state index in [1.807, 2.05) is 25.2 Å². The molecule has 1 heterocycles. The summed E-state index contributed by atoms with van der Waals surface area (Å²) in [6.07, 6.45) is 2.46. The molecule has 0 radical (unpaired) electrons. The molecule has 2 rings (SSSR count). The number of aromatic nitrogens is 3. The summed E-state index contributed by atoms with van der Waals surface area (Å²) >= 11 is 8.43. The minimum atomic E-state index is 0.393. The normalized spacial score (nSPS) is 10.4. The highest BCUT2D eigenvalue weighted by Gasteiger charge is 2.04. The summed E-state index contributed by atoms with van der Waals surface area (Å²) in [7, 11) is 1.86. The van der Waals surface area contributed by atoms with Gasteiger partial charge in [-0.05, 0) is 34.1 Å². The van der Waals surface area contributed by atoms with E-state index in [9.17, 15) is 0 Å². The van der Waals surface area contributed by atoms with Crippen LogP contribution in [-0.2, 0) is 13.5 Å². The summed E-state index contributed by atoms with van der Waals surface area (Å²) in [5, 5.41) is 7.54. The van der Waals surface area contributed by atoms with Crippen molar-refractivity contribution in [3.05, 3.63) is 40.4 Å². The van der Waals surface area contributed by atoms with Crippen molar-refractivity contribution < 1.29 is 0 Å². The van der Waals surface area contributed by atoms with Gasteiger partial charge in [-0.3, -0.25) is 4.68 Å². The van der Waals surface area contributed by atoms with Crippen molar-refractivity contribution in [3.63, 3.8) is 0 Å². The number of rotatable bonds is 5. The Labute approximate surface area is 125 Å². The molecule has 0 atom stereocenters. The molecule has 2 aromatic rings. The molecular weight excluding hydrogens is 326 g/mol. The maximum atomic E-state index is 5.58. The lowest BCUT2D eigenvalue weighted by Gasteiger charge is -2.09. The van der Waals surface area contributed by atoms with Gasteiger partial charge in [-0.1, -0.05) is 12.2 Å². The van der Waals surface area contributed by atoms with Crippen LogP contribution in [0.4, 0.5) is 5.69 Å². The summed E-state index contributed by atoms with van der Waals surface area (Å²) in [5.41, 5.74) is 7.42. The molecule has 0 unspecified atom stereocenters. The second-order valence-corrected chi connectivity index (χ2v) is 5.36. The van der Waals surface area contributed by atoms with E-state index in [0.717, 1.165) is 34.5 Å². The van der Waals surface area contributed by atoms with Crippen LogP contribution in [0.5, 0.6) is 0 Å². The van der Waals surface area contributed by atoms with E-state index in [1.165, 1.54) is 0 Å². The fourth-order valence-corrected chi connectivity index (χ4v) is 2.27. The van der Waals surface area contributed by atoms with Crippen molar-refractivity contribution in [3.8, 4) is 0 Å². The van der Waals surface area contributed by atoms with Crippen molar-refractivity contribution >= 4 is 38.8 Å². The van der Waals surface area contributed by atoms with Crippen LogP contribution in [0.1, 0.15) is 11.4 Å². The monoisotopic (exact) mass is 339 g/mol. The molecule has 3 N–H and O–H groups in total. The van der Waals surface area contributed by atoms with Gasteiger partial charge >= 0.3 is 0 Å². The first-order valence-corrected chi connectivity index (χ1v) is 6.94. The Bertz CT molecular complexity index is 596. The fourth-order valence-electron chi connectivity index (χ4n) is 1.62. The van der Waals surface area contributed by atoms with Gasteiger partial charge in [0.05, 0.1) is 0 Å². The second kappa shape index (κ2) is 6.12. The first kappa shape index (κ1) is 14.0. The van der Waals surface area contributed by atoms with Crippen LogP contribution in [0.25, 0.3) is 0 Å². The molecule has 1 aromatic carbocycles. The summed E-state index contributed by atoms with van der Waals surface area (Å²) in [6, 6.07) is 5.75. The smallest absolute Gasteiger partial charge is 0.152 e. The standard InChI is InChI=1S/C12H14BrN5S/c1-18-7-16-11(17-18)4-5-15-10-3-2-8(12(14)19)6-9(10)13/h2-3,6-7,15H,4-5H2,1H3,(H2,14,19). The summed E-state index contributed by atoms with van der Waals surface area (Å²) in [5.74, 6) is 0.825. The van der Waals surface area contributed by atoms with E-state index in [-0.39, 0.29) is 0 Å². The molecule has 0 spiro atoms. The van der Waals surface area contributed by atoms with Gasteiger partial charge < -0.3 is 11.1 Å². The SMILES string of the molecule is Cn1cnc(CCNc2ccc(C(N)=S)cc2Br)n1. The van der Waals surface area contributed by atoms with Gasteiger partial charge in [-0.15, -0.1) is 0 Å². The molecule has 0 amide bonds. The third kappa shape index (κ3) is 3.74. The van der Waals surface area contributed by atoms with Crippen molar-refractivity contribution in [1.82, 2.24) is 14.8 Å². The molecule has 0 saturated carbocycles. The Morgan fingerprint density at radius 1 is 1.53 bits per heavy atom. The van der Waals surface area contributed by atoms with Crippen molar-refractivity contribution in [2.45, 2.75) is 6.42 Å². The van der Waals surface area contributed by atoms with Gasteiger partial charge in [0, 0.05) is 35.7 Å². The molecule has 0 saturated heterocycles. The maximum Gasteiger partial charge on any atom is 0.152 e. The maximum absolute atomic E-state index is 5.58. The zero-order valence-corrected chi connectivity index (χ0v) is 12.8. The van der Waals surface area contributed by atoms with Crippen LogP contribution >= 0.6 is 28.1 Å². The topological polar surface area (TPSA) is 68.8 Å². The average Bonchev–Trinajstić information content (AvgIpc) is 2.77. The predicted molar refractivity (Wildman–Crippen MR) is 83.2 cm³/mol. The average molecular weight is 340 g/mol. The molecule has 19 heavy (non-hydrogen) atoms. The number of nitrogens with zero attached hydrogens (tertiary/aromatic N) is 3. The lowest BCUT2D eigenvalue weighted by Crippen LogP contribution is -2.10. The minimum absolute atomic E-state index is 0.393. The number of benzene rings is 1. The minimum Gasteiger partial charge on any atom is -0.389 e. The van der Waals surface area contributed by atoms with Gasteiger partial charge in [0.1, 0.15) is 11.3 Å². The van der Waals surface area contributed by atoms with E-state index in [2.05, 4.69) is 31.3 Å². The third-order valence-corrected chi connectivity index (χ3v) is 3.46. The second-order valence-electron chi connectivity index (χ2n) is 4.07. The van der Waals surface area contributed by atoms with E-state index < -0.39 is 0 Å². The van der Waals surface area contributed by atoms with Crippen LogP contribution in [-0.4, -0.2) is 26.3 Å². The number of anilines is 1. The van der Waals surface area contributed by atoms with E-state index in [4.69, 9.17) is 18.0 Å².